The zero-order valence-corrected chi connectivity index (χ0v) is 13.5. The lowest BCUT2D eigenvalue weighted by molar-refractivity contribution is 0.0992. The SMILES string of the molecule is c1ccc(COCC2C[C@@H](COCc3ccccc3)S2)cc1. The summed E-state index contributed by atoms with van der Waals surface area (Å²) in [4.78, 5) is 0. The minimum absolute atomic E-state index is 0.633. The summed E-state index contributed by atoms with van der Waals surface area (Å²) in [5.41, 5.74) is 2.49. The van der Waals surface area contributed by atoms with Gasteiger partial charge in [0.25, 0.3) is 0 Å². The van der Waals surface area contributed by atoms with E-state index in [2.05, 4.69) is 48.5 Å². The molecule has 3 heteroatoms. The van der Waals surface area contributed by atoms with Gasteiger partial charge in [-0.3, -0.25) is 0 Å². The van der Waals surface area contributed by atoms with Crippen LogP contribution in [0.25, 0.3) is 0 Å². The molecule has 1 fully saturated rings. The molecule has 1 aliphatic heterocycles. The van der Waals surface area contributed by atoms with Crippen LogP contribution in [-0.2, 0) is 22.7 Å². The summed E-state index contributed by atoms with van der Waals surface area (Å²) in [6.07, 6.45) is 1.20. The molecule has 2 nitrogen and oxygen atoms in total. The highest BCUT2D eigenvalue weighted by Gasteiger charge is 2.29. The molecule has 1 saturated heterocycles. The Bertz CT molecular complexity index is 488. The fraction of sp³-hybridized carbons (Fsp3) is 0.368. The smallest absolute Gasteiger partial charge is 0.0717 e. The van der Waals surface area contributed by atoms with Crippen LogP contribution >= 0.6 is 11.8 Å². The van der Waals surface area contributed by atoms with Gasteiger partial charge in [-0.05, 0) is 17.5 Å². The Morgan fingerprint density at radius 1 is 0.727 bits per heavy atom. The Hall–Kier alpha value is -1.29. The molecule has 1 unspecified atom stereocenters. The van der Waals surface area contributed by atoms with Crippen LogP contribution in [-0.4, -0.2) is 23.7 Å². The summed E-state index contributed by atoms with van der Waals surface area (Å²) in [5, 5.41) is 1.27. The van der Waals surface area contributed by atoms with Gasteiger partial charge >= 0.3 is 0 Å². The molecule has 0 bridgehead atoms. The van der Waals surface area contributed by atoms with Gasteiger partial charge in [0.2, 0.25) is 0 Å². The largest absolute Gasteiger partial charge is 0.376 e. The van der Waals surface area contributed by atoms with Gasteiger partial charge in [0, 0.05) is 10.5 Å². The monoisotopic (exact) mass is 314 g/mol. The van der Waals surface area contributed by atoms with Gasteiger partial charge in [0.1, 0.15) is 0 Å². The van der Waals surface area contributed by atoms with Crippen molar-refractivity contribution in [2.75, 3.05) is 13.2 Å². The number of rotatable bonds is 8. The van der Waals surface area contributed by atoms with Gasteiger partial charge in [-0.25, -0.2) is 0 Å². The molecule has 116 valence electrons. The fourth-order valence-corrected chi connectivity index (χ4v) is 3.76. The maximum Gasteiger partial charge on any atom is 0.0717 e. The van der Waals surface area contributed by atoms with E-state index in [9.17, 15) is 0 Å². The molecule has 0 spiro atoms. The fourth-order valence-electron chi connectivity index (χ4n) is 2.53. The predicted octanol–water partition coefficient (Wildman–Crippen LogP) is 4.29. The Kier molecular flexibility index (Phi) is 5.94. The summed E-state index contributed by atoms with van der Waals surface area (Å²) in [5.74, 6) is 0. The van der Waals surface area contributed by atoms with Crippen molar-refractivity contribution in [2.45, 2.75) is 30.1 Å². The van der Waals surface area contributed by atoms with Gasteiger partial charge in [-0.15, -0.1) is 0 Å². The Labute approximate surface area is 136 Å². The summed E-state index contributed by atoms with van der Waals surface area (Å²) in [6.45, 7) is 3.11. The van der Waals surface area contributed by atoms with Gasteiger partial charge in [0.15, 0.2) is 0 Å². The van der Waals surface area contributed by atoms with E-state index in [0.29, 0.717) is 23.7 Å². The molecule has 0 aromatic heterocycles. The van der Waals surface area contributed by atoms with Crippen molar-refractivity contribution in [1.29, 1.82) is 0 Å². The maximum atomic E-state index is 5.78. The van der Waals surface area contributed by atoms with Crippen molar-refractivity contribution < 1.29 is 9.47 Å². The lowest BCUT2D eigenvalue weighted by Crippen LogP contribution is -2.33. The first kappa shape index (κ1) is 15.6. The van der Waals surface area contributed by atoms with Crippen molar-refractivity contribution in [1.82, 2.24) is 0 Å². The van der Waals surface area contributed by atoms with Gasteiger partial charge in [0.05, 0.1) is 26.4 Å². The summed E-state index contributed by atoms with van der Waals surface area (Å²) >= 11 is 1.99. The second-order valence-corrected chi connectivity index (χ2v) is 7.22. The van der Waals surface area contributed by atoms with Crippen LogP contribution < -0.4 is 0 Å². The van der Waals surface area contributed by atoms with E-state index in [0.717, 1.165) is 13.2 Å². The molecule has 0 N–H and O–H groups in total. The second-order valence-electron chi connectivity index (χ2n) is 5.62. The Morgan fingerprint density at radius 2 is 1.14 bits per heavy atom. The molecule has 22 heavy (non-hydrogen) atoms. The van der Waals surface area contributed by atoms with Crippen LogP contribution in [0.15, 0.2) is 60.7 Å². The Balaban J connectivity index is 1.24. The molecule has 0 amide bonds. The third kappa shape index (κ3) is 4.87. The van der Waals surface area contributed by atoms with E-state index < -0.39 is 0 Å². The van der Waals surface area contributed by atoms with E-state index in [4.69, 9.17) is 9.47 Å². The quantitative estimate of drug-likeness (QED) is 0.724. The molecule has 2 aromatic carbocycles. The molecule has 0 saturated carbocycles. The van der Waals surface area contributed by atoms with E-state index in [1.165, 1.54) is 17.5 Å². The number of hydrogen-bond donors (Lipinski definition) is 0. The molecule has 1 aliphatic rings. The van der Waals surface area contributed by atoms with E-state index in [-0.39, 0.29) is 0 Å². The van der Waals surface area contributed by atoms with E-state index in [1.54, 1.807) is 0 Å². The van der Waals surface area contributed by atoms with Crippen molar-refractivity contribution in [2.24, 2.45) is 0 Å². The molecule has 0 aliphatic carbocycles. The summed E-state index contributed by atoms with van der Waals surface area (Å²) in [6, 6.07) is 20.7. The summed E-state index contributed by atoms with van der Waals surface area (Å²) in [7, 11) is 0. The topological polar surface area (TPSA) is 18.5 Å². The molecular weight excluding hydrogens is 292 g/mol. The lowest BCUT2D eigenvalue weighted by atomic mass is 10.2. The predicted molar refractivity (Wildman–Crippen MR) is 92.0 cm³/mol. The van der Waals surface area contributed by atoms with Crippen LogP contribution in [0, 0.1) is 0 Å². The van der Waals surface area contributed by atoms with Crippen LogP contribution in [0.1, 0.15) is 17.5 Å². The number of benzene rings is 2. The number of thioether (sulfide) groups is 1. The van der Waals surface area contributed by atoms with Crippen molar-refractivity contribution >= 4 is 11.8 Å². The molecule has 3 rings (SSSR count). The first-order chi connectivity index (χ1) is 10.9. The van der Waals surface area contributed by atoms with E-state index in [1.807, 2.05) is 23.9 Å². The zero-order valence-electron chi connectivity index (χ0n) is 12.7. The van der Waals surface area contributed by atoms with Gasteiger partial charge in [-0.1, -0.05) is 60.7 Å². The highest BCUT2D eigenvalue weighted by molar-refractivity contribution is 8.01. The highest BCUT2D eigenvalue weighted by Crippen LogP contribution is 2.37. The first-order valence-electron chi connectivity index (χ1n) is 7.79. The third-order valence-electron chi connectivity index (χ3n) is 3.74. The zero-order chi connectivity index (χ0) is 15.0. The molecular formula is C19H22O2S. The summed E-state index contributed by atoms with van der Waals surface area (Å²) < 4.78 is 11.6. The normalized spacial score (nSPS) is 20.5. The van der Waals surface area contributed by atoms with Crippen molar-refractivity contribution in [3.05, 3.63) is 71.8 Å². The average molecular weight is 314 g/mol. The minimum Gasteiger partial charge on any atom is -0.376 e. The molecule has 2 aromatic rings. The maximum absolute atomic E-state index is 5.78. The minimum atomic E-state index is 0.633. The average Bonchev–Trinajstić information content (AvgIpc) is 2.54. The van der Waals surface area contributed by atoms with Crippen LogP contribution in [0.2, 0.25) is 0 Å². The number of ether oxygens (including phenoxy) is 2. The van der Waals surface area contributed by atoms with Gasteiger partial charge < -0.3 is 9.47 Å². The van der Waals surface area contributed by atoms with Gasteiger partial charge in [-0.2, -0.15) is 11.8 Å². The molecule has 1 heterocycles. The Morgan fingerprint density at radius 3 is 1.55 bits per heavy atom. The first-order valence-corrected chi connectivity index (χ1v) is 8.73. The van der Waals surface area contributed by atoms with Crippen LogP contribution in [0.5, 0.6) is 0 Å². The third-order valence-corrected chi connectivity index (χ3v) is 5.17. The second kappa shape index (κ2) is 8.37. The molecule has 2 atom stereocenters. The highest BCUT2D eigenvalue weighted by atomic mass is 32.2. The van der Waals surface area contributed by atoms with Crippen LogP contribution in [0.4, 0.5) is 0 Å². The standard InChI is InChI=1S/C19H22O2S/c1-3-7-16(8-4-1)12-20-14-18-11-19(22-18)15-21-13-17-9-5-2-6-10-17/h1-10,18-19H,11-15H2/t18-,19?/m0/s1. The van der Waals surface area contributed by atoms with Crippen molar-refractivity contribution in [3.63, 3.8) is 0 Å². The number of hydrogen-bond acceptors (Lipinski definition) is 3. The van der Waals surface area contributed by atoms with Crippen molar-refractivity contribution in [3.8, 4) is 0 Å². The van der Waals surface area contributed by atoms with Crippen LogP contribution in [0.3, 0.4) is 0 Å². The lowest BCUT2D eigenvalue weighted by Gasteiger charge is -2.34. The van der Waals surface area contributed by atoms with E-state index >= 15 is 0 Å². The molecule has 0 radical (unpaired) electrons.